The summed E-state index contributed by atoms with van der Waals surface area (Å²) in [6.07, 6.45) is 1.85. The molecule has 0 aromatic heterocycles. The summed E-state index contributed by atoms with van der Waals surface area (Å²) < 4.78 is 5.55. The van der Waals surface area contributed by atoms with Crippen molar-refractivity contribution in [2.75, 3.05) is 32.1 Å². The molecule has 6 aromatic rings. The minimum Gasteiger partial charge on any atom is -0.465 e. The van der Waals surface area contributed by atoms with Crippen LogP contribution in [0.5, 0.6) is 0 Å². The number of hydrogen-bond acceptors (Lipinski definition) is 5. The number of ether oxygens (including phenoxy) is 1. The second-order valence-electron chi connectivity index (χ2n) is 20.9. The van der Waals surface area contributed by atoms with E-state index in [4.69, 9.17) is 22.1 Å². The lowest BCUT2D eigenvalue weighted by Gasteiger charge is -2.43. The van der Waals surface area contributed by atoms with Gasteiger partial charge in [-0.05, 0) is 85.1 Å². The Labute approximate surface area is 435 Å². The Morgan fingerprint density at radius 1 is 0.597 bits per heavy atom. The number of nitrogens with zero attached hydrogens (tertiary/aromatic N) is 2. The molecule has 10 heteroatoms. The zero-order chi connectivity index (χ0) is 52.8. The predicted octanol–water partition coefficient (Wildman–Crippen LogP) is 13.9. The quantitative estimate of drug-likeness (QED) is 0.143. The molecule has 2 fully saturated rings. The average molecular weight is 996 g/mol. The highest BCUT2D eigenvalue weighted by Gasteiger charge is 2.41. The van der Waals surface area contributed by atoms with Gasteiger partial charge in [-0.3, -0.25) is 4.79 Å². The molecule has 2 heterocycles. The first-order valence-corrected chi connectivity index (χ1v) is 25.5. The van der Waals surface area contributed by atoms with Gasteiger partial charge in [-0.15, -0.1) is 11.6 Å². The van der Waals surface area contributed by atoms with Crippen molar-refractivity contribution in [3.63, 3.8) is 0 Å². The zero-order valence-corrected chi connectivity index (χ0v) is 44.9. The van der Waals surface area contributed by atoms with Crippen molar-refractivity contribution in [1.29, 1.82) is 0 Å². The Morgan fingerprint density at radius 2 is 1.03 bits per heavy atom. The Kier molecular flexibility index (Phi) is 22.6. The summed E-state index contributed by atoms with van der Waals surface area (Å²) in [5, 5.41) is 12.3. The number of benzene rings is 6. The van der Waals surface area contributed by atoms with Crippen LogP contribution < -0.4 is 11.1 Å². The number of alkyl halides is 1. The number of carbonyl (C=O) groups is 3. The highest BCUT2D eigenvalue weighted by atomic mass is 35.5. The van der Waals surface area contributed by atoms with Gasteiger partial charge in [-0.1, -0.05) is 228 Å². The molecular weight excluding hydrogens is 916 g/mol. The summed E-state index contributed by atoms with van der Waals surface area (Å²) in [6, 6.07) is 56.9. The van der Waals surface area contributed by atoms with Crippen LogP contribution in [0.25, 0.3) is 0 Å². The van der Waals surface area contributed by atoms with Gasteiger partial charge < -0.3 is 30.7 Å². The Bertz CT molecular complexity index is 2460. The smallest absolute Gasteiger partial charge is 0.410 e. The van der Waals surface area contributed by atoms with Crippen molar-refractivity contribution in [3.8, 4) is 0 Å². The van der Waals surface area contributed by atoms with E-state index in [9.17, 15) is 19.5 Å². The maximum absolute atomic E-state index is 12.8. The number of halogens is 1. The van der Waals surface area contributed by atoms with Gasteiger partial charge in [-0.25, -0.2) is 9.59 Å². The molecule has 0 saturated carbocycles. The van der Waals surface area contributed by atoms with E-state index in [1.807, 2.05) is 109 Å². The molecule has 3 amide bonds. The summed E-state index contributed by atoms with van der Waals surface area (Å²) in [5.74, 6) is -0.374. The molecule has 384 valence electrons. The van der Waals surface area contributed by atoms with E-state index < -0.39 is 17.2 Å². The Balaban J connectivity index is 0.000000230. The van der Waals surface area contributed by atoms with Crippen LogP contribution in [0.1, 0.15) is 112 Å². The van der Waals surface area contributed by atoms with Gasteiger partial charge in [0, 0.05) is 19.6 Å². The fourth-order valence-corrected chi connectivity index (χ4v) is 8.46. The number of carboxylic acid groups (broad SMARTS) is 1. The van der Waals surface area contributed by atoms with Gasteiger partial charge in [0.1, 0.15) is 12.5 Å². The van der Waals surface area contributed by atoms with Crippen LogP contribution >= 0.6 is 11.6 Å². The van der Waals surface area contributed by atoms with Crippen LogP contribution in [0.3, 0.4) is 0 Å². The third-order valence-electron chi connectivity index (χ3n) is 12.7. The number of carbonyl (C=O) groups excluding carboxylic acids is 2. The van der Waals surface area contributed by atoms with Crippen molar-refractivity contribution >= 4 is 29.7 Å². The van der Waals surface area contributed by atoms with Gasteiger partial charge in [0.05, 0.1) is 17.6 Å². The molecule has 9 nitrogen and oxygen atoms in total. The molecule has 0 aliphatic carbocycles. The largest absolute Gasteiger partial charge is 0.465 e. The number of rotatable bonds is 6. The molecule has 2 atom stereocenters. The van der Waals surface area contributed by atoms with Crippen molar-refractivity contribution in [1.82, 2.24) is 15.1 Å². The standard InChI is InChI=1S/C25H31ClN2O3.C16H24N2O2.3C7H8/c1-24(2,3)20-11-7-12-21(15-20)25(27-22(29)16-26)13-8-14-28(18-25)23(30)31-17-19-9-5-4-6-10-19;1-15(2,3)12-6-4-7-13(10-12)16(17)8-5-9-18(11-16)14(19)20;3*1-7-5-3-2-4-6-7/h4-7,9-12,15H,8,13-14,16-18H2,1-3H3,(H,27,29);4,6-7,10H,5,8-9,11,17H2,1-3H3,(H,19,20);3*2-6H,1H3. The summed E-state index contributed by atoms with van der Waals surface area (Å²) in [5.41, 5.74) is 14.6. The molecule has 8 rings (SSSR count). The fraction of sp³-hybridized carbons (Fsp3) is 0.371. The van der Waals surface area contributed by atoms with Gasteiger partial charge in [0.2, 0.25) is 5.91 Å². The van der Waals surface area contributed by atoms with Crippen molar-refractivity contribution in [3.05, 3.63) is 214 Å². The number of hydrogen-bond donors (Lipinski definition) is 3. The monoisotopic (exact) mass is 995 g/mol. The molecule has 2 aliphatic heterocycles. The third kappa shape index (κ3) is 19.3. The first-order valence-electron chi connectivity index (χ1n) is 25.0. The summed E-state index contributed by atoms with van der Waals surface area (Å²) in [7, 11) is 0. The van der Waals surface area contributed by atoms with Crippen LogP contribution in [0.2, 0.25) is 0 Å². The van der Waals surface area contributed by atoms with E-state index in [1.165, 1.54) is 32.7 Å². The van der Waals surface area contributed by atoms with E-state index >= 15 is 0 Å². The van der Waals surface area contributed by atoms with Crippen LogP contribution in [0.4, 0.5) is 9.59 Å². The summed E-state index contributed by atoms with van der Waals surface area (Å²) in [4.78, 5) is 39.5. The Morgan fingerprint density at radius 3 is 1.46 bits per heavy atom. The first kappa shape index (κ1) is 58.2. The molecule has 0 spiro atoms. The van der Waals surface area contributed by atoms with E-state index in [0.29, 0.717) is 26.2 Å². The van der Waals surface area contributed by atoms with Crippen molar-refractivity contribution < 1.29 is 24.2 Å². The lowest BCUT2D eigenvalue weighted by Crippen LogP contribution is -2.58. The summed E-state index contributed by atoms with van der Waals surface area (Å²) >= 11 is 5.82. The number of amides is 3. The molecule has 0 radical (unpaired) electrons. The number of likely N-dealkylation sites (tertiary alicyclic amines) is 2. The van der Waals surface area contributed by atoms with Crippen molar-refractivity contribution in [2.45, 2.75) is 117 Å². The average Bonchev–Trinajstić information content (AvgIpc) is 3.37. The van der Waals surface area contributed by atoms with E-state index in [0.717, 1.165) is 42.4 Å². The molecule has 2 unspecified atom stereocenters. The fourth-order valence-electron chi connectivity index (χ4n) is 8.40. The molecule has 2 saturated heterocycles. The molecule has 0 bridgehead atoms. The SMILES string of the molecule is CC(C)(C)c1cccc(C2(N)CCCN(C(=O)O)C2)c1.CC(C)(C)c1cccc(C2(NC(=O)CCl)CCCN(C(=O)OCc3ccccc3)C2)c1.Cc1ccccc1.Cc1ccccc1.Cc1ccccc1. The lowest BCUT2D eigenvalue weighted by atomic mass is 9.78. The topological polar surface area (TPSA) is 125 Å². The van der Waals surface area contributed by atoms with Gasteiger partial charge in [0.15, 0.2) is 0 Å². The number of nitrogens with two attached hydrogens (primary N) is 1. The summed E-state index contributed by atoms with van der Waals surface area (Å²) in [6.45, 7) is 21.3. The van der Waals surface area contributed by atoms with Gasteiger partial charge in [0.25, 0.3) is 0 Å². The maximum Gasteiger partial charge on any atom is 0.410 e. The second kappa shape index (κ2) is 28.0. The molecule has 72 heavy (non-hydrogen) atoms. The van der Waals surface area contributed by atoms with E-state index in [1.54, 1.807) is 4.90 Å². The van der Waals surface area contributed by atoms with E-state index in [2.05, 4.69) is 128 Å². The predicted molar refractivity (Wildman–Crippen MR) is 296 cm³/mol. The highest BCUT2D eigenvalue weighted by molar-refractivity contribution is 6.27. The second-order valence-corrected chi connectivity index (χ2v) is 21.2. The lowest BCUT2D eigenvalue weighted by molar-refractivity contribution is -0.121. The van der Waals surface area contributed by atoms with E-state index in [-0.39, 0.29) is 35.3 Å². The molecular formula is C62H79ClN4O5. The minimum absolute atomic E-state index is 0.0311. The van der Waals surface area contributed by atoms with Crippen LogP contribution in [0.15, 0.2) is 170 Å². The third-order valence-corrected chi connectivity index (χ3v) is 12.9. The minimum atomic E-state index is -0.883. The van der Waals surface area contributed by atoms with Crippen LogP contribution in [-0.4, -0.2) is 65.1 Å². The number of piperidine rings is 2. The van der Waals surface area contributed by atoms with Gasteiger partial charge in [-0.2, -0.15) is 0 Å². The Hall–Kier alpha value is -6.42. The number of aryl methyl sites for hydroxylation is 3. The van der Waals surface area contributed by atoms with Crippen LogP contribution in [-0.2, 0) is 38.0 Å². The number of nitrogens with one attached hydrogen (secondary N) is 1. The molecule has 6 aromatic carbocycles. The van der Waals surface area contributed by atoms with Crippen LogP contribution in [0, 0.1) is 20.8 Å². The zero-order valence-electron chi connectivity index (χ0n) is 44.2. The maximum atomic E-state index is 12.8. The van der Waals surface area contributed by atoms with Gasteiger partial charge >= 0.3 is 12.2 Å². The molecule has 4 N–H and O–H groups in total. The molecule has 2 aliphatic rings. The highest BCUT2D eigenvalue weighted by Crippen LogP contribution is 2.35. The van der Waals surface area contributed by atoms with Crippen molar-refractivity contribution in [2.24, 2.45) is 5.73 Å². The first-order chi connectivity index (χ1) is 34.1. The normalized spacial score (nSPS) is 17.3.